The van der Waals surface area contributed by atoms with Crippen LogP contribution in [0, 0.1) is 5.92 Å². The molecule has 1 saturated carbocycles. The zero-order valence-corrected chi connectivity index (χ0v) is 7.16. The Labute approximate surface area is 72.3 Å². The second kappa shape index (κ2) is 4.36. The number of hydrogen-bond acceptors (Lipinski definition) is 3. The number of hydrogen-bond donors (Lipinski definition) is 1. The maximum absolute atomic E-state index is 11.3. The monoisotopic (exact) mass is 169 g/mol. The summed E-state index contributed by atoms with van der Waals surface area (Å²) in [6.45, 7) is 0. The highest BCUT2D eigenvalue weighted by molar-refractivity contribution is 5.82. The lowest BCUT2D eigenvalue weighted by molar-refractivity contribution is -0.125. The molecule has 0 aromatic carbocycles. The molecule has 0 saturated heterocycles. The fourth-order valence-corrected chi connectivity index (χ4v) is 1.69. The Bertz CT molecular complexity index is 179. The Morgan fingerprint density at radius 1 is 1.58 bits per heavy atom. The molecule has 0 spiro atoms. The lowest BCUT2D eigenvalue weighted by atomic mass is 9.84. The molecule has 2 unspecified atom stereocenters. The molecule has 2 atom stereocenters. The molecule has 1 rings (SSSR count). The van der Waals surface area contributed by atoms with E-state index in [1.165, 1.54) is 0 Å². The number of carbonyl (C=O) groups is 2. The van der Waals surface area contributed by atoms with Crippen molar-refractivity contribution in [1.29, 1.82) is 0 Å². The Kier molecular flexibility index (Phi) is 3.41. The molecule has 0 radical (unpaired) electrons. The van der Waals surface area contributed by atoms with Gasteiger partial charge in [-0.3, -0.25) is 4.79 Å². The van der Waals surface area contributed by atoms with Gasteiger partial charge < -0.3 is 10.5 Å². The van der Waals surface area contributed by atoms with E-state index in [0.717, 1.165) is 25.5 Å². The van der Waals surface area contributed by atoms with Crippen LogP contribution in [0.4, 0.5) is 0 Å². The molecule has 0 bridgehead atoms. The van der Waals surface area contributed by atoms with Crippen LogP contribution in [-0.2, 0) is 9.59 Å². The van der Waals surface area contributed by atoms with E-state index in [4.69, 9.17) is 5.73 Å². The van der Waals surface area contributed by atoms with E-state index in [2.05, 4.69) is 0 Å². The van der Waals surface area contributed by atoms with Gasteiger partial charge >= 0.3 is 0 Å². The average molecular weight is 169 g/mol. The normalized spacial score (nSPS) is 26.8. The minimum atomic E-state index is -0.447. The van der Waals surface area contributed by atoms with Gasteiger partial charge in [0.25, 0.3) is 0 Å². The van der Waals surface area contributed by atoms with Crippen molar-refractivity contribution in [3.05, 3.63) is 0 Å². The molecule has 0 heterocycles. The molecular weight excluding hydrogens is 154 g/mol. The largest absolute Gasteiger partial charge is 0.322 e. The molecule has 12 heavy (non-hydrogen) atoms. The third-order valence-corrected chi connectivity index (χ3v) is 2.41. The Morgan fingerprint density at radius 3 is 2.92 bits per heavy atom. The van der Waals surface area contributed by atoms with E-state index < -0.39 is 6.04 Å². The van der Waals surface area contributed by atoms with E-state index in [9.17, 15) is 9.59 Å². The SMILES string of the molecule is NC(C=O)CC1CCCCC1=O. The van der Waals surface area contributed by atoms with Gasteiger partial charge in [-0.1, -0.05) is 6.42 Å². The van der Waals surface area contributed by atoms with E-state index in [0.29, 0.717) is 18.6 Å². The maximum atomic E-state index is 11.3. The topological polar surface area (TPSA) is 60.2 Å². The van der Waals surface area contributed by atoms with Gasteiger partial charge in [-0.25, -0.2) is 0 Å². The van der Waals surface area contributed by atoms with Crippen molar-refractivity contribution in [2.75, 3.05) is 0 Å². The average Bonchev–Trinajstić information content (AvgIpc) is 2.09. The van der Waals surface area contributed by atoms with Crippen LogP contribution in [0.15, 0.2) is 0 Å². The summed E-state index contributed by atoms with van der Waals surface area (Å²) in [4.78, 5) is 21.5. The number of carbonyl (C=O) groups excluding carboxylic acids is 2. The quantitative estimate of drug-likeness (QED) is 0.631. The maximum Gasteiger partial charge on any atom is 0.136 e. The summed E-state index contributed by atoms with van der Waals surface area (Å²) in [6, 6.07) is -0.447. The van der Waals surface area contributed by atoms with Crippen LogP contribution in [0.3, 0.4) is 0 Å². The van der Waals surface area contributed by atoms with Crippen LogP contribution in [0.25, 0.3) is 0 Å². The molecule has 0 amide bonds. The summed E-state index contributed by atoms with van der Waals surface area (Å²) in [6.07, 6.45) is 4.97. The van der Waals surface area contributed by atoms with Crippen LogP contribution < -0.4 is 5.73 Å². The third-order valence-electron chi connectivity index (χ3n) is 2.41. The van der Waals surface area contributed by atoms with Gasteiger partial charge in [-0.05, 0) is 19.3 Å². The number of Topliss-reactive ketones (excluding diaryl/α,β-unsaturated/α-hetero) is 1. The Hall–Kier alpha value is -0.700. The number of nitrogens with two attached hydrogens (primary N) is 1. The standard InChI is InChI=1S/C9H15NO2/c10-8(6-11)5-7-3-1-2-4-9(7)12/h6-8H,1-5,10H2. The molecule has 3 heteroatoms. The van der Waals surface area contributed by atoms with Gasteiger partial charge in [0.15, 0.2) is 0 Å². The number of rotatable bonds is 3. The predicted molar refractivity (Wildman–Crippen MR) is 45.6 cm³/mol. The minimum absolute atomic E-state index is 0.0546. The second-order valence-electron chi connectivity index (χ2n) is 3.44. The number of ketones is 1. The zero-order chi connectivity index (χ0) is 8.97. The first-order valence-electron chi connectivity index (χ1n) is 4.47. The summed E-state index contributed by atoms with van der Waals surface area (Å²) < 4.78 is 0. The first-order chi connectivity index (χ1) is 5.74. The van der Waals surface area contributed by atoms with Gasteiger partial charge in [0.2, 0.25) is 0 Å². The Balaban J connectivity index is 2.38. The third kappa shape index (κ3) is 2.41. The molecular formula is C9H15NO2. The molecule has 0 aromatic rings. The van der Waals surface area contributed by atoms with E-state index in [1.54, 1.807) is 0 Å². The highest BCUT2D eigenvalue weighted by Crippen LogP contribution is 2.23. The highest BCUT2D eigenvalue weighted by atomic mass is 16.1. The van der Waals surface area contributed by atoms with Crippen molar-refractivity contribution in [3.8, 4) is 0 Å². The first-order valence-corrected chi connectivity index (χ1v) is 4.47. The van der Waals surface area contributed by atoms with Crippen LogP contribution in [0.5, 0.6) is 0 Å². The molecule has 3 nitrogen and oxygen atoms in total. The van der Waals surface area contributed by atoms with Gasteiger partial charge in [-0.15, -0.1) is 0 Å². The van der Waals surface area contributed by atoms with Crippen molar-refractivity contribution in [2.24, 2.45) is 11.7 Å². The fraction of sp³-hybridized carbons (Fsp3) is 0.778. The lowest BCUT2D eigenvalue weighted by Crippen LogP contribution is -2.30. The van der Waals surface area contributed by atoms with Gasteiger partial charge in [0, 0.05) is 12.3 Å². The molecule has 1 fully saturated rings. The molecule has 0 aliphatic heterocycles. The van der Waals surface area contributed by atoms with Crippen molar-refractivity contribution in [3.63, 3.8) is 0 Å². The summed E-state index contributed by atoms with van der Waals surface area (Å²) in [5.41, 5.74) is 5.45. The van der Waals surface area contributed by atoms with Crippen molar-refractivity contribution < 1.29 is 9.59 Å². The molecule has 0 aromatic heterocycles. The fourth-order valence-electron chi connectivity index (χ4n) is 1.69. The van der Waals surface area contributed by atoms with Crippen LogP contribution >= 0.6 is 0 Å². The lowest BCUT2D eigenvalue weighted by Gasteiger charge is -2.21. The summed E-state index contributed by atoms with van der Waals surface area (Å²) in [7, 11) is 0. The Morgan fingerprint density at radius 2 is 2.33 bits per heavy atom. The highest BCUT2D eigenvalue weighted by Gasteiger charge is 2.23. The molecule has 1 aliphatic rings. The summed E-state index contributed by atoms with van der Waals surface area (Å²) >= 11 is 0. The van der Waals surface area contributed by atoms with E-state index >= 15 is 0 Å². The van der Waals surface area contributed by atoms with Gasteiger partial charge in [0.1, 0.15) is 12.1 Å². The van der Waals surface area contributed by atoms with Crippen LogP contribution in [0.1, 0.15) is 32.1 Å². The summed E-state index contributed by atoms with van der Waals surface area (Å²) in [5, 5.41) is 0. The van der Waals surface area contributed by atoms with Gasteiger partial charge in [-0.2, -0.15) is 0 Å². The summed E-state index contributed by atoms with van der Waals surface area (Å²) in [5.74, 6) is 0.345. The molecule has 68 valence electrons. The minimum Gasteiger partial charge on any atom is -0.322 e. The van der Waals surface area contributed by atoms with Crippen molar-refractivity contribution >= 4 is 12.1 Å². The van der Waals surface area contributed by atoms with E-state index in [1.807, 2.05) is 0 Å². The zero-order valence-electron chi connectivity index (χ0n) is 7.16. The van der Waals surface area contributed by atoms with E-state index in [-0.39, 0.29) is 5.92 Å². The smallest absolute Gasteiger partial charge is 0.136 e. The number of aldehydes is 1. The van der Waals surface area contributed by atoms with Crippen molar-refractivity contribution in [2.45, 2.75) is 38.1 Å². The van der Waals surface area contributed by atoms with Crippen molar-refractivity contribution in [1.82, 2.24) is 0 Å². The second-order valence-corrected chi connectivity index (χ2v) is 3.44. The molecule has 2 N–H and O–H groups in total. The predicted octanol–water partition coefficient (Wildman–Crippen LogP) is 0.662. The first kappa shape index (κ1) is 9.39. The van der Waals surface area contributed by atoms with Crippen LogP contribution in [-0.4, -0.2) is 18.1 Å². The molecule has 1 aliphatic carbocycles. The van der Waals surface area contributed by atoms with Gasteiger partial charge in [0.05, 0.1) is 6.04 Å². The van der Waals surface area contributed by atoms with Crippen LogP contribution in [0.2, 0.25) is 0 Å².